The largest absolute Gasteiger partial charge is 0.343 e. The molecule has 0 saturated carbocycles. The minimum Gasteiger partial charge on any atom is -0.343 e. The summed E-state index contributed by atoms with van der Waals surface area (Å²) in [5.41, 5.74) is 0. The predicted molar refractivity (Wildman–Crippen MR) is 116 cm³/mol. The third-order valence-corrected chi connectivity index (χ3v) is 6.13. The summed E-state index contributed by atoms with van der Waals surface area (Å²) in [7, 11) is 0. The maximum Gasteiger partial charge on any atom is 0.245 e. The Labute approximate surface area is 173 Å². The fourth-order valence-electron chi connectivity index (χ4n) is 4.12. The minimum atomic E-state index is -0.337. The Morgan fingerprint density at radius 1 is 0.786 bits per heavy atom. The van der Waals surface area contributed by atoms with Crippen molar-refractivity contribution in [3.8, 4) is 0 Å². The Hall–Kier alpha value is -1.14. The average Bonchev–Trinajstić information content (AvgIpc) is 2.71. The Bertz CT molecular complexity index is 450. The molecule has 0 aromatic rings. The number of unbranched alkanes of at least 4 members (excludes halogenated alkanes) is 2. The van der Waals surface area contributed by atoms with Crippen LogP contribution in [-0.2, 0) is 9.59 Å². The van der Waals surface area contributed by atoms with Gasteiger partial charge in [0.15, 0.2) is 0 Å². The summed E-state index contributed by atoms with van der Waals surface area (Å²) in [5.74, 6) is 0.150. The van der Waals surface area contributed by atoms with E-state index < -0.39 is 0 Å². The van der Waals surface area contributed by atoms with Gasteiger partial charge in [0.25, 0.3) is 0 Å². The third kappa shape index (κ3) is 7.70. The summed E-state index contributed by atoms with van der Waals surface area (Å²) in [6.45, 7) is 17.7. The molecule has 1 rings (SSSR count). The van der Waals surface area contributed by atoms with Crippen LogP contribution in [0.2, 0.25) is 0 Å². The first-order valence-electron chi connectivity index (χ1n) is 11.6. The van der Waals surface area contributed by atoms with Crippen LogP contribution in [0.15, 0.2) is 0 Å². The van der Waals surface area contributed by atoms with Gasteiger partial charge in [-0.25, -0.2) is 0 Å². The number of piperazine rings is 1. The van der Waals surface area contributed by atoms with Crippen LogP contribution in [0.4, 0.5) is 0 Å². The van der Waals surface area contributed by atoms with Gasteiger partial charge in [-0.15, -0.1) is 0 Å². The van der Waals surface area contributed by atoms with Crippen molar-refractivity contribution in [3.63, 3.8) is 0 Å². The molecule has 28 heavy (non-hydrogen) atoms. The summed E-state index contributed by atoms with van der Waals surface area (Å²) in [6.07, 6.45) is 5.61. The number of nitrogens with zero attached hydrogens (tertiary/aromatic N) is 3. The van der Waals surface area contributed by atoms with E-state index in [0.29, 0.717) is 6.54 Å². The van der Waals surface area contributed by atoms with E-state index in [2.05, 4.69) is 42.8 Å². The van der Waals surface area contributed by atoms with Gasteiger partial charge in [0, 0.05) is 6.54 Å². The Balaban J connectivity index is 2.46. The highest BCUT2D eigenvalue weighted by atomic mass is 16.2. The quantitative estimate of drug-likeness (QED) is 0.433. The number of carbonyl (C=O) groups excluding carboxylic acids is 2. The summed E-state index contributed by atoms with van der Waals surface area (Å²) in [4.78, 5) is 32.2. The molecule has 1 fully saturated rings. The molecule has 164 valence electrons. The fraction of sp³-hybridized carbons (Fsp3) is 0.909. The summed E-state index contributed by atoms with van der Waals surface area (Å²) in [6, 6.07) is -0.628. The number of likely N-dealkylation sites (N-methyl/N-ethyl adjacent to an activating group) is 1. The van der Waals surface area contributed by atoms with E-state index in [9.17, 15) is 9.59 Å². The molecule has 1 saturated heterocycles. The monoisotopic (exact) mass is 396 g/mol. The lowest BCUT2D eigenvalue weighted by Crippen LogP contribution is -2.63. The van der Waals surface area contributed by atoms with Gasteiger partial charge in [-0.1, -0.05) is 27.7 Å². The Morgan fingerprint density at radius 3 is 1.75 bits per heavy atom. The van der Waals surface area contributed by atoms with Crippen LogP contribution >= 0.6 is 0 Å². The molecule has 0 aromatic heterocycles. The predicted octanol–water partition coefficient (Wildman–Crippen LogP) is 2.73. The van der Waals surface area contributed by atoms with Crippen LogP contribution in [0.5, 0.6) is 0 Å². The highest BCUT2D eigenvalue weighted by Gasteiger charge is 2.38. The normalized spacial score (nSPS) is 20.3. The molecular weight excluding hydrogens is 352 g/mol. The Kier molecular flexibility index (Phi) is 12.4. The van der Waals surface area contributed by atoms with Crippen LogP contribution in [0.3, 0.4) is 0 Å². The first-order chi connectivity index (χ1) is 13.5. The average molecular weight is 397 g/mol. The molecule has 2 unspecified atom stereocenters. The number of amides is 2. The summed E-state index contributed by atoms with van der Waals surface area (Å²) in [5, 5.41) is 3.01. The van der Waals surface area contributed by atoms with Crippen molar-refractivity contribution in [2.75, 3.05) is 45.8 Å². The lowest BCUT2D eigenvalue weighted by atomic mass is 9.98. The molecule has 6 heteroatoms. The van der Waals surface area contributed by atoms with Gasteiger partial charge in [-0.2, -0.15) is 0 Å². The minimum absolute atomic E-state index is 0.0398. The van der Waals surface area contributed by atoms with Crippen LogP contribution in [0.1, 0.15) is 73.1 Å². The van der Waals surface area contributed by atoms with E-state index in [1.807, 2.05) is 11.8 Å². The maximum absolute atomic E-state index is 12.9. The van der Waals surface area contributed by atoms with Gasteiger partial charge in [0.2, 0.25) is 11.8 Å². The van der Waals surface area contributed by atoms with Crippen LogP contribution in [-0.4, -0.2) is 84.4 Å². The van der Waals surface area contributed by atoms with Crippen molar-refractivity contribution in [3.05, 3.63) is 0 Å². The van der Waals surface area contributed by atoms with Gasteiger partial charge in [0.05, 0.1) is 0 Å². The second kappa shape index (κ2) is 13.9. The topological polar surface area (TPSA) is 55.9 Å². The molecule has 2 atom stereocenters. The van der Waals surface area contributed by atoms with E-state index in [-0.39, 0.29) is 23.9 Å². The standard InChI is InChI=1S/C22H44N4O2/c1-6-24(7-2)17-13-11-15-19-22(28)26(10-5)20(21(27)23-19)16-12-14-18-25(8-3)9-4/h19-20H,6-18H2,1-5H3,(H,23,27). The molecular formula is C22H44N4O2. The van der Waals surface area contributed by atoms with Gasteiger partial charge < -0.3 is 20.0 Å². The van der Waals surface area contributed by atoms with E-state index >= 15 is 0 Å². The highest BCUT2D eigenvalue weighted by Crippen LogP contribution is 2.18. The first-order valence-corrected chi connectivity index (χ1v) is 11.6. The van der Waals surface area contributed by atoms with Crippen LogP contribution in [0.25, 0.3) is 0 Å². The Morgan fingerprint density at radius 2 is 1.29 bits per heavy atom. The van der Waals surface area contributed by atoms with Crippen molar-refractivity contribution in [1.82, 2.24) is 20.0 Å². The van der Waals surface area contributed by atoms with Gasteiger partial charge in [0.1, 0.15) is 12.1 Å². The smallest absolute Gasteiger partial charge is 0.245 e. The van der Waals surface area contributed by atoms with E-state index in [1.165, 1.54) is 0 Å². The molecule has 0 bridgehead atoms. The highest BCUT2D eigenvalue weighted by molar-refractivity contribution is 5.96. The molecule has 1 heterocycles. The van der Waals surface area contributed by atoms with E-state index in [4.69, 9.17) is 0 Å². The zero-order valence-corrected chi connectivity index (χ0v) is 19.0. The molecule has 0 radical (unpaired) electrons. The van der Waals surface area contributed by atoms with Gasteiger partial charge >= 0.3 is 0 Å². The van der Waals surface area contributed by atoms with Gasteiger partial charge in [-0.3, -0.25) is 9.59 Å². The molecule has 0 spiro atoms. The third-order valence-electron chi connectivity index (χ3n) is 6.13. The molecule has 0 aromatic carbocycles. The number of nitrogens with one attached hydrogen (secondary N) is 1. The van der Waals surface area contributed by atoms with Crippen LogP contribution < -0.4 is 5.32 Å². The number of hydrogen-bond donors (Lipinski definition) is 1. The summed E-state index contributed by atoms with van der Waals surface area (Å²) >= 11 is 0. The molecule has 1 aliphatic heterocycles. The molecule has 6 nitrogen and oxygen atoms in total. The van der Waals surface area contributed by atoms with Crippen molar-refractivity contribution in [2.45, 2.75) is 85.2 Å². The van der Waals surface area contributed by atoms with E-state index in [0.717, 1.165) is 77.8 Å². The summed E-state index contributed by atoms with van der Waals surface area (Å²) < 4.78 is 0. The second-order valence-corrected chi connectivity index (χ2v) is 7.75. The lowest BCUT2D eigenvalue weighted by molar-refractivity contribution is -0.149. The maximum atomic E-state index is 12.9. The van der Waals surface area contributed by atoms with Crippen LogP contribution in [0, 0.1) is 0 Å². The molecule has 0 aliphatic carbocycles. The first kappa shape index (κ1) is 24.9. The van der Waals surface area contributed by atoms with Crippen molar-refractivity contribution >= 4 is 11.8 Å². The fourth-order valence-corrected chi connectivity index (χ4v) is 4.12. The lowest BCUT2D eigenvalue weighted by Gasteiger charge is -2.38. The zero-order chi connectivity index (χ0) is 20.9. The van der Waals surface area contributed by atoms with Crippen molar-refractivity contribution in [1.29, 1.82) is 0 Å². The molecule has 1 N–H and O–H groups in total. The second-order valence-electron chi connectivity index (χ2n) is 7.75. The van der Waals surface area contributed by atoms with Gasteiger partial charge in [-0.05, 0) is 84.7 Å². The molecule has 2 amide bonds. The molecule has 1 aliphatic rings. The number of carbonyl (C=O) groups is 2. The number of rotatable bonds is 15. The van der Waals surface area contributed by atoms with Crippen molar-refractivity contribution in [2.24, 2.45) is 0 Å². The van der Waals surface area contributed by atoms with Crippen molar-refractivity contribution < 1.29 is 9.59 Å². The number of hydrogen-bond acceptors (Lipinski definition) is 4. The zero-order valence-electron chi connectivity index (χ0n) is 19.0. The SMILES string of the molecule is CCN(CC)CCCCC1NC(=O)C(CCCCN(CC)CC)N(CC)C1=O. The van der Waals surface area contributed by atoms with E-state index in [1.54, 1.807) is 0 Å².